The molecular weight excluding hydrogens is 144 g/mol. The van der Waals surface area contributed by atoms with Gasteiger partial charge in [-0.3, -0.25) is 4.79 Å². The predicted molar refractivity (Wildman–Crippen MR) is 42.9 cm³/mol. The summed E-state index contributed by atoms with van der Waals surface area (Å²) in [7, 11) is 1.53. The second-order valence-corrected chi connectivity index (χ2v) is 2.57. The van der Waals surface area contributed by atoms with Crippen molar-refractivity contribution < 1.29 is 9.63 Å². The van der Waals surface area contributed by atoms with E-state index in [1.807, 2.05) is 13.8 Å². The van der Waals surface area contributed by atoms with Crippen LogP contribution in [0.25, 0.3) is 0 Å². The monoisotopic (exact) mass is 160 g/mol. The van der Waals surface area contributed by atoms with E-state index in [0.717, 1.165) is 0 Å². The summed E-state index contributed by atoms with van der Waals surface area (Å²) in [6, 6.07) is 0.213. The Balaban J connectivity index is 3.23. The molecule has 0 aliphatic rings. The molecule has 11 heavy (non-hydrogen) atoms. The summed E-state index contributed by atoms with van der Waals surface area (Å²) in [6.45, 7) is 4.42. The zero-order chi connectivity index (χ0) is 8.69. The highest BCUT2D eigenvalue weighted by Gasteiger charge is 2.00. The smallest absolute Gasteiger partial charge is 0.221 e. The highest BCUT2D eigenvalue weighted by molar-refractivity contribution is 5.76. The van der Waals surface area contributed by atoms with Crippen molar-refractivity contribution in [3.63, 3.8) is 0 Å². The minimum atomic E-state index is 0.0459. The molecule has 0 spiro atoms. The van der Waals surface area contributed by atoms with Crippen LogP contribution in [0.3, 0.4) is 0 Å². The molecule has 0 aromatic carbocycles. The molecule has 0 saturated carbocycles. The van der Waals surface area contributed by atoms with Gasteiger partial charge in [-0.2, -0.15) is 0 Å². The van der Waals surface area contributed by atoms with Crippen molar-refractivity contribution >= 4 is 5.91 Å². The third kappa shape index (κ3) is 7.29. The van der Waals surface area contributed by atoms with Crippen LogP contribution in [0.15, 0.2) is 0 Å². The molecule has 0 heterocycles. The number of hydrogen-bond donors (Lipinski definition) is 2. The Morgan fingerprint density at radius 3 is 2.64 bits per heavy atom. The van der Waals surface area contributed by atoms with Gasteiger partial charge < -0.3 is 10.2 Å². The summed E-state index contributed by atoms with van der Waals surface area (Å²) in [5.41, 5.74) is 2.59. The highest BCUT2D eigenvalue weighted by Crippen LogP contribution is 1.81. The van der Waals surface area contributed by atoms with Crippen molar-refractivity contribution in [2.24, 2.45) is 0 Å². The maximum atomic E-state index is 10.9. The van der Waals surface area contributed by atoms with Crippen molar-refractivity contribution in [2.75, 3.05) is 13.7 Å². The Labute approximate surface area is 67.3 Å². The summed E-state index contributed by atoms with van der Waals surface area (Å²) < 4.78 is 0. The van der Waals surface area contributed by atoms with Gasteiger partial charge in [-0.1, -0.05) is 0 Å². The molecule has 0 radical (unpaired) electrons. The van der Waals surface area contributed by atoms with Crippen molar-refractivity contribution in [1.29, 1.82) is 0 Å². The quantitative estimate of drug-likeness (QED) is 0.441. The summed E-state index contributed by atoms with van der Waals surface area (Å²) in [5.74, 6) is 0.0459. The van der Waals surface area contributed by atoms with Crippen LogP contribution in [0.2, 0.25) is 0 Å². The molecule has 0 aliphatic heterocycles. The fourth-order valence-electron chi connectivity index (χ4n) is 0.661. The first-order chi connectivity index (χ1) is 5.16. The molecule has 0 bridgehead atoms. The maximum absolute atomic E-state index is 10.9. The minimum Gasteiger partial charge on any atom is -0.354 e. The molecular formula is C7H16N2O2. The van der Waals surface area contributed by atoms with Gasteiger partial charge in [0.15, 0.2) is 0 Å². The Morgan fingerprint density at radius 1 is 1.55 bits per heavy atom. The largest absolute Gasteiger partial charge is 0.354 e. The number of nitrogens with one attached hydrogen (secondary N) is 2. The van der Waals surface area contributed by atoms with E-state index in [9.17, 15) is 4.79 Å². The van der Waals surface area contributed by atoms with Gasteiger partial charge in [-0.05, 0) is 13.8 Å². The van der Waals surface area contributed by atoms with Crippen molar-refractivity contribution in [2.45, 2.75) is 26.3 Å². The van der Waals surface area contributed by atoms with Crippen LogP contribution < -0.4 is 10.8 Å². The van der Waals surface area contributed by atoms with E-state index in [4.69, 9.17) is 0 Å². The summed E-state index contributed by atoms with van der Waals surface area (Å²) in [5, 5.41) is 2.77. The molecule has 0 rings (SSSR count). The van der Waals surface area contributed by atoms with Crippen molar-refractivity contribution in [1.82, 2.24) is 10.8 Å². The molecule has 0 aliphatic carbocycles. The average Bonchev–Trinajstić information content (AvgIpc) is 1.86. The van der Waals surface area contributed by atoms with Crippen LogP contribution in [-0.2, 0) is 9.63 Å². The molecule has 66 valence electrons. The predicted octanol–water partition coefficient (Wildman–Crippen LogP) is 0.0521. The standard InChI is InChI=1S/C7H16N2O2/c1-6(2)9-7(10)4-5-8-11-3/h6,8H,4-5H2,1-3H3,(H,9,10). The molecule has 0 aromatic rings. The van der Waals surface area contributed by atoms with Crippen LogP contribution in [0.5, 0.6) is 0 Å². The molecule has 0 aromatic heterocycles. The molecule has 4 heteroatoms. The first-order valence-electron chi connectivity index (χ1n) is 3.72. The Morgan fingerprint density at radius 2 is 2.18 bits per heavy atom. The number of hydroxylamine groups is 1. The number of carbonyl (C=O) groups is 1. The van der Waals surface area contributed by atoms with E-state index in [1.165, 1.54) is 7.11 Å². The zero-order valence-electron chi connectivity index (χ0n) is 7.31. The van der Waals surface area contributed by atoms with Gasteiger partial charge in [-0.25, -0.2) is 5.48 Å². The highest BCUT2D eigenvalue weighted by atomic mass is 16.6. The topological polar surface area (TPSA) is 50.4 Å². The lowest BCUT2D eigenvalue weighted by Gasteiger charge is -2.07. The van der Waals surface area contributed by atoms with E-state index in [1.54, 1.807) is 0 Å². The van der Waals surface area contributed by atoms with Gasteiger partial charge in [0, 0.05) is 19.0 Å². The van der Waals surface area contributed by atoms with Crippen LogP contribution in [0.4, 0.5) is 0 Å². The van der Waals surface area contributed by atoms with Crippen LogP contribution in [0, 0.1) is 0 Å². The normalized spacial score (nSPS) is 10.2. The van der Waals surface area contributed by atoms with E-state index < -0.39 is 0 Å². The molecule has 4 nitrogen and oxygen atoms in total. The van der Waals surface area contributed by atoms with Crippen LogP contribution in [-0.4, -0.2) is 25.6 Å². The van der Waals surface area contributed by atoms with Crippen LogP contribution >= 0.6 is 0 Å². The van der Waals surface area contributed by atoms with E-state index in [-0.39, 0.29) is 11.9 Å². The van der Waals surface area contributed by atoms with E-state index >= 15 is 0 Å². The van der Waals surface area contributed by atoms with Crippen LogP contribution in [0.1, 0.15) is 20.3 Å². The molecule has 0 unspecified atom stereocenters. The maximum Gasteiger partial charge on any atom is 0.221 e. The average molecular weight is 160 g/mol. The lowest BCUT2D eigenvalue weighted by Crippen LogP contribution is -2.32. The number of amides is 1. The van der Waals surface area contributed by atoms with Gasteiger partial charge in [0.25, 0.3) is 0 Å². The SMILES string of the molecule is CONCCC(=O)NC(C)C. The van der Waals surface area contributed by atoms with Gasteiger partial charge in [0.05, 0.1) is 7.11 Å². The summed E-state index contributed by atoms with van der Waals surface area (Å²) >= 11 is 0. The fourth-order valence-corrected chi connectivity index (χ4v) is 0.661. The zero-order valence-corrected chi connectivity index (χ0v) is 7.31. The van der Waals surface area contributed by atoms with Crippen molar-refractivity contribution in [3.05, 3.63) is 0 Å². The third-order valence-electron chi connectivity index (χ3n) is 1.05. The lowest BCUT2D eigenvalue weighted by molar-refractivity contribution is -0.121. The number of hydrogen-bond acceptors (Lipinski definition) is 3. The first kappa shape index (κ1) is 10.4. The van der Waals surface area contributed by atoms with E-state index in [2.05, 4.69) is 15.6 Å². The van der Waals surface area contributed by atoms with Gasteiger partial charge in [0.1, 0.15) is 0 Å². The first-order valence-corrected chi connectivity index (χ1v) is 3.72. The van der Waals surface area contributed by atoms with Crippen molar-refractivity contribution in [3.8, 4) is 0 Å². The second-order valence-electron chi connectivity index (χ2n) is 2.57. The summed E-state index contributed by atoms with van der Waals surface area (Å²) in [6.07, 6.45) is 0.450. The van der Waals surface area contributed by atoms with E-state index in [0.29, 0.717) is 13.0 Å². The number of carbonyl (C=O) groups excluding carboxylic acids is 1. The molecule has 0 fully saturated rings. The molecule has 0 saturated heterocycles. The van der Waals surface area contributed by atoms with Gasteiger partial charge >= 0.3 is 0 Å². The molecule has 2 N–H and O–H groups in total. The Kier molecular flexibility index (Phi) is 5.78. The van der Waals surface area contributed by atoms with Gasteiger partial charge in [-0.15, -0.1) is 0 Å². The summed E-state index contributed by atoms with van der Waals surface area (Å²) in [4.78, 5) is 15.5. The Bertz CT molecular complexity index is 115. The third-order valence-corrected chi connectivity index (χ3v) is 1.05. The second kappa shape index (κ2) is 6.12. The Hall–Kier alpha value is -0.610. The van der Waals surface area contributed by atoms with Gasteiger partial charge in [0.2, 0.25) is 5.91 Å². The lowest BCUT2D eigenvalue weighted by atomic mass is 10.3. The molecule has 1 amide bonds. The fraction of sp³-hybridized carbons (Fsp3) is 0.857. The molecule has 0 atom stereocenters. The number of rotatable bonds is 5. The minimum absolute atomic E-state index is 0.0459.